The Balaban J connectivity index is 2.20. The van der Waals surface area contributed by atoms with Crippen molar-refractivity contribution >= 4 is 15.6 Å². The second kappa shape index (κ2) is 5.20. The van der Waals surface area contributed by atoms with Crippen LogP contribution in [-0.4, -0.2) is 30.2 Å². The summed E-state index contributed by atoms with van der Waals surface area (Å²) in [7, 11) is -1.44. The van der Waals surface area contributed by atoms with E-state index in [1.54, 1.807) is 23.9 Å². The molecule has 0 atom stereocenters. The molecule has 0 bridgehead atoms. The van der Waals surface area contributed by atoms with E-state index in [2.05, 4.69) is 5.10 Å². The number of hydrogen-bond donors (Lipinski definition) is 0. The van der Waals surface area contributed by atoms with E-state index in [0.717, 1.165) is 17.6 Å². The summed E-state index contributed by atoms with van der Waals surface area (Å²) >= 11 is 0. The Bertz CT molecular complexity index is 743. The van der Waals surface area contributed by atoms with Gasteiger partial charge >= 0.3 is 0 Å². The number of aromatic nitrogens is 2. The van der Waals surface area contributed by atoms with Gasteiger partial charge in [-0.05, 0) is 25.1 Å². The topological polar surface area (TPSA) is 69.0 Å². The first kappa shape index (κ1) is 14.5. The minimum Gasteiger partial charge on any atom is -0.294 e. The summed E-state index contributed by atoms with van der Waals surface area (Å²) in [6.45, 7) is 1.87. The number of Topliss-reactive ketones (excluding diaryl/α,β-unsaturated/α-hetero) is 1. The van der Waals surface area contributed by atoms with E-state index < -0.39 is 9.84 Å². The van der Waals surface area contributed by atoms with Crippen molar-refractivity contribution in [2.24, 2.45) is 7.05 Å². The largest absolute Gasteiger partial charge is 0.294 e. The van der Waals surface area contributed by atoms with Gasteiger partial charge < -0.3 is 0 Å². The maximum absolute atomic E-state index is 12.1. The third kappa shape index (κ3) is 3.14. The molecule has 0 radical (unpaired) electrons. The third-order valence-corrected chi connectivity index (χ3v) is 4.17. The summed E-state index contributed by atoms with van der Waals surface area (Å²) in [5.74, 6) is -0.0620. The molecule has 5 nitrogen and oxygen atoms in total. The fraction of sp³-hybridized carbons (Fsp3) is 0.286. The van der Waals surface area contributed by atoms with Gasteiger partial charge in [-0.3, -0.25) is 9.48 Å². The fourth-order valence-corrected chi connectivity index (χ4v) is 2.61. The standard InChI is InChI=1S/C14H16N2O3S/c1-10-8-12(16(2)15-10)9-14(17)11-4-6-13(7-5-11)20(3,18)19/h4-8H,9H2,1-3H3. The molecular formula is C14H16N2O3S. The first-order chi connectivity index (χ1) is 9.27. The van der Waals surface area contributed by atoms with Crippen LogP contribution in [0.1, 0.15) is 21.7 Å². The van der Waals surface area contributed by atoms with Crippen LogP contribution in [0, 0.1) is 6.92 Å². The lowest BCUT2D eigenvalue weighted by Crippen LogP contribution is -2.08. The molecule has 0 saturated heterocycles. The SMILES string of the molecule is Cc1cc(CC(=O)c2ccc(S(C)(=O)=O)cc2)n(C)n1. The third-order valence-electron chi connectivity index (χ3n) is 3.05. The van der Waals surface area contributed by atoms with Crippen molar-refractivity contribution in [1.82, 2.24) is 9.78 Å². The van der Waals surface area contributed by atoms with Crippen LogP contribution in [0.25, 0.3) is 0 Å². The number of rotatable bonds is 4. The molecule has 106 valence electrons. The molecule has 0 amide bonds. The van der Waals surface area contributed by atoms with E-state index in [1.165, 1.54) is 12.1 Å². The highest BCUT2D eigenvalue weighted by molar-refractivity contribution is 7.90. The molecule has 0 N–H and O–H groups in total. The summed E-state index contributed by atoms with van der Waals surface area (Å²) in [4.78, 5) is 12.4. The molecule has 1 aromatic heterocycles. The second-order valence-corrected chi connectivity index (χ2v) is 6.81. The molecule has 0 aliphatic carbocycles. The Morgan fingerprint density at radius 2 is 1.85 bits per heavy atom. The molecule has 0 fully saturated rings. The number of aryl methyl sites for hydroxylation is 2. The van der Waals surface area contributed by atoms with Crippen LogP contribution in [0.3, 0.4) is 0 Å². The summed E-state index contributed by atoms with van der Waals surface area (Å²) in [6, 6.07) is 7.86. The molecule has 0 unspecified atom stereocenters. The molecule has 0 spiro atoms. The first-order valence-corrected chi connectivity index (χ1v) is 7.99. The molecule has 1 heterocycles. The molecule has 20 heavy (non-hydrogen) atoms. The van der Waals surface area contributed by atoms with E-state index in [1.807, 2.05) is 13.0 Å². The van der Waals surface area contributed by atoms with Crippen molar-refractivity contribution in [3.63, 3.8) is 0 Å². The lowest BCUT2D eigenvalue weighted by Gasteiger charge is -2.03. The van der Waals surface area contributed by atoms with Crippen molar-refractivity contribution in [2.75, 3.05) is 6.26 Å². The number of carbonyl (C=O) groups excluding carboxylic acids is 1. The highest BCUT2D eigenvalue weighted by Crippen LogP contribution is 2.13. The van der Waals surface area contributed by atoms with Gasteiger partial charge in [-0.2, -0.15) is 5.10 Å². The van der Waals surface area contributed by atoms with E-state index in [4.69, 9.17) is 0 Å². The Labute approximate surface area is 118 Å². The van der Waals surface area contributed by atoms with Crippen LogP contribution in [0.5, 0.6) is 0 Å². The number of hydrogen-bond acceptors (Lipinski definition) is 4. The van der Waals surface area contributed by atoms with E-state index in [9.17, 15) is 13.2 Å². The zero-order valence-electron chi connectivity index (χ0n) is 11.6. The Morgan fingerprint density at radius 3 is 2.30 bits per heavy atom. The molecule has 0 saturated carbocycles. The van der Waals surface area contributed by atoms with Crippen molar-refractivity contribution in [2.45, 2.75) is 18.2 Å². The van der Waals surface area contributed by atoms with Crippen LogP contribution in [-0.2, 0) is 23.3 Å². The summed E-state index contributed by atoms with van der Waals surface area (Å²) in [5, 5.41) is 4.19. The minimum absolute atomic E-state index is 0.0620. The van der Waals surface area contributed by atoms with Crippen LogP contribution < -0.4 is 0 Å². The van der Waals surface area contributed by atoms with Gasteiger partial charge in [0.2, 0.25) is 0 Å². The number of benzene rings is 1. The van der Waals surface area contributed by atoms with Gasteiger partial charge in [0.05, 0.1) is 17.0 Å². The highest BCUT2D eigenvalue weighted by Gasteiger charge is 2.12. The lowest BCUT2D eigenvalue weighted by molar-refractivity contribution is 0.0990. The Kier molecular flexibility index (Phi) is 3.76. The first-order valence-electron chi connectivity index (χ1n) is 6.10. The van der Waals surface area contributed by atoms with Gasteiger partial charge in [0.25, 0.3) is 0 Å². The maximum Gasteiger partial charge on any atom is 0.175 e. The van der Waals surface area contributed by atoms with Gasteiger partial charge in [-0.1, -0.05) is 12.1 Å². The highest BCUT2D eigenvalue weighted by atomic mass is 32.2. The van der Waals surface area contributed by atoms with Crippen LogP contribution in [0.15, 0.2) is 35.2 Å². The molecule has 0 aliphatic heterocycles. The van der Waals surface area contributed by atoms with Crippen molar-refractivity contribution in [3.05, 3.63) is 47.3 Å². The average molecular weight is 292 g/mol. The van der Waals surface area contributed by atoms with Crippen LogP contribution in [0.4, 0.5) is 0 Å². The maximum atomic E-state index is 12.1. The predicted molar refractivity (Wildman–Crippen MR) is 75.5 cm³/mol. The quantitative estimate of drug-likeness (QED) is 0.802. The molecule has 1 aromatic carbocycles. The van der Waals surface area contributed by atoms with Gasteiger partial charge in [0.1, 0.15) is 0 Å². The van der Waals surface area contributed by atoms with Gasteiger partial charge in [-0.25, -0.2) is 8.42 Å². The van der Waals surface area contributed by atoms with E-state index in [-0.39, 0.29) is 17.1 Å². The number of nitrogens with zero attached hydrogens (tertiary/aromatic N) is 2. The molecule has 0 aliphatic rings. The number of carbonyl (C=O) groups is 1. The molecule has 6 heteroatoms. The predicted octanol–water partition coefficient (Wildman–Crippen LogP) is 1.56. The second-order valence-electron chi connectivity index (χ2n) is 4.80. The van der Waals surface area contributed by atoms with Crippen LogP contribution in [0.2, 0.25) is 0 Å². The summed E-state index contributed by atoms with van der Waals surface area (Å²) < 4.78 is 24.4. The van der Waals surface area contributed by atoms with Crippen molar-refractivity contribution < 1.29 is 13.2 Å². The fourth-order valence-electron chi connectivity index (χ4n) is 1.98. The van der Waals surface area contributed by atoms with Crippen molar-refractivity contribution in [3.8, 4) is 0 Å². The van der Waals surface area contributed by atoms with Gasteiger partial charge in [0.15, 0.2) is 15.6 Å². The van der Waals surface area contributed by atoms with Crippen LogP contribution >= 0.6 is 0 Å². The summed E-state index contributed by atoms with van der Waals surface area (Å²) in [6.07, 6.45) is 1.39. The molecule has 2 aromatic rings. The smallest absolute Gasteiger partial charge is 0.175 e. The average Bonchev–Trinajstić information content (AvgIpc) is 2.67. The lowest BCUT2D eigenvalue weighted by atomic mass is 10.1. The summed E-state index contributed by atoms with van der Waals surface area (Å²) in [5.41, 5.74) is 2.19. The van der Waals surface area contributed by atoms with E-state index >= 15 is 0 Å². The normalized spacial score (nSPS) is 11.6. The molecule has 2 rings (SSSR count). The van der Waals surface area contributed by atoms with Gasteiger partial charge in [-0.15, -0.1) is 0 Å². The van der Waals surface area contributed by atoms with Gasteiger partial charge in [0, 0.05) is 24.6 Å². The zero-order valence-corrected chi connectivity index (χ0v) is 12.4. The number of ketones is 1. The van der Waals surface area contributed by atoms with E-state index in [0.29, 0.717) is 5.56 Å². The zero-order chi connectivity index (χ0) is 14.9. The Hall–Kier alpha value is -1.95. The van der Waals surface area contributed by atoms with Crippen molar-refractivity contribution in [1.29, 1.82) is 0 Å². The monoisotopic (exact) mass is 292 g/mol. The minimum atomic E-state index is -3.23. The Morgan fingerprint density at radius 1 is 1.25 bits per heavy atom. The number of sulfone groups is 1. The molecular weight excluding hydrogens is 276 g/mol.